The minimum Gasteiger partial charge on any atom is -0.454 e. The van der Waals surface area contributed by atoms with Crippen molar-refractivity contribution >= 4 is 17.8 Å². The van der Waals surface area contributed by atoms with Crippen molar-refractivity contribution in [3.05, 3.63) is 35.9 Å². The number of imide groups is 1. The van der Waals surface area contributed by atoms with E-state index in [1.54, 1.807) is 30.0 Å². The molecule has 4 rings (SSSR count). The van der Waals surface area contributed by atoms with Gasteiger partial charge >= 0.3 is 6.03 Å². The Morgan fingerprint density at radius 2 is 1.93 bits per heavy atom. The summed E-state index contributed by atoms with van der Waals surface area (Å²) >= 11 is 0. The van der Waals surface area contributed by atoms with Gasteiger partial charge in [0, 0.05) is 18.7 Å². The first-order valence-corrected chi connectivity index (χ1v) is 10.3. The number of nitrogens with one attached hydrogen (secondary N) is 1. The van der Waals surface area contributed by atoms with Gasteiger partial charge in [-0.2, -0.15) is 0 Å². The van der Waals surface area contributed by atoms with Crippen molar-refractivity contribution in [1.29, 1.82) is 0 Å². The fourth-order valence-electron chi connectivity index (χ4n) is 4.65. The molecule has 2 saturated heterocycles. The molecule has 3 aliphatic rings. The van der Waals surface area contributed by atoms with Gasteiger partial charge in [0.15, 0.2) is 11.5 Å². The average Bonchev–Trinajstić information content (AvgIpc) is 3.31. The first kappa shape index (κ1) is 20.3. The van der Waals surface area contributed by atoms with Gasteiger partial charge in [-0.25, -0.2) is 4.79 Å². The number of likely N-dealkylation sites (tertiary alicyclic amines) is 1. The van der Waals surface area contributed by atoms with E-state index >= 15 is 0 Å². The first-order chi connectivity index (χ1) is 14.4. The number of fused-ring (bicyclic) bond motifs is 1. The second-order valence-electron chi connectivity index (χ2n) is 8.24. The average molecular weight is 413 g/mol. The van der Waals surface area contributed by atoms with Crippen molar-refractivity contribution < 1.29 is 23.9 Å². The molecule has 30 heavy (non-hydrogen) atoms. The Morgan fingerprint density at radius 1 is 1.23 bits per heavy atom. The standard InChI is InChI=1S/C22H27N3O5/c1-4-22(20(27)25(12-14(2)3)21(28)23-22)16-7-9-24(10-8-16)19(26)15-5-6-17-18(11-15)30-13-29-17/h5-6,11,16H,2,4,7-10,12-13H2,1,3H3,(H,23,28)/t22-/m0/s1. The van der Waals surface area contributed by atoms with E-state index < -0.39 is 5.54 Å². The molecular weight excluding hydrogens is 386 g/mol. The van der Waals surface area contributed by atoms with E-state index in [0.717, 1.165) is 5.57 Å². The minimum absolute atomic E-state index is 0.0186. The lowest BCUT2D eigenvalue weighted by Gasteiger charge is -2.40. The molecule has 1 aromatic rings. The molecule has 160 valence electrons. The predicted octanol–water partition coefficient (Wildman–Crippen LogP) is 2.54. The third-order valence-electron chi connectivity index (χ3n) is 6.29. The maximum Gasteiger partial charge on any atom is 0.325 e. The SMILES string of the molecule is C=C(C)CN1C(=O)N[C@@](CC)(C2CCN(C(=O)c3ccc4c(c3)OCO4)CC2)C1=O. The Bertz CT molecular complexity index is 906. The molecule has 8 heteroatoms. The molecular formula is C22H27N3O5. The number of amides is 4. The Balaban J connectivity index is 1.44. The van der Waals surface area contributed by atoms with E-state index in [1.165, 1.54) is 4.90 Å². The van der Waals surface area contributed by atoms with Crippen LogP contribution in [0.1, 0.15) is 43.5 Å². The van der Waals surface area contributed by atoms with Crippen molar-refractivity contribution in [2.24, 2.45) is 5.92 Å². The molecule has 8 nitrogen and oxygen atoms in total. The van der Waals surface area contributed by atoms with Gasteiger partial charge in [-0.3, -0.25) is 14.5 Å². The number of urea groups is 1. The van der Waals surface area contributed by atoms with Crippen LogP contribution in [0.25, 0.3) is 0 Å². The van der Waals surface area contributed by atoms with Gasteiger partial charge in [0.05, 0.1) is 6.54 Å². The molecule has 0 radical (unpaired) electrons. The number of carbonyl (C=O) groups excluding carboxylic acids is 3. The van der Waals surface area contributed by atoms with E-state index in [1.807, 2.05) is 6.92 Å². The minimum atomic E-state index is -0.902. The highest BCUT2D eigenvalue weighted by molar-refractivity contribution is 6.07. The molecule has 0 bridgehead atoms. The van der Waals surface area contributed by atoms with Crippen LogP contribution >= 0.6 is 0 Å². The summed E-state index contributed by atoms with van der Waals surface area (Å²) in [6, 6.07) is 4.84. The van der Waals surface area contributed by atoms with Crippen LogP contribution < -0.4 is 14.8 Å². The quantitative estimate of drug-likeness (QED) is 0.592. The van der Waals surface area contributed by atoms with Gasteiger partial charge in [0.2, 0.25) is 6.79 Å². The summed E-state index contributed by atoms with van der Waals surface area (Å²) in [4.78, 5) is 41.6. The molecule has 2 fully saturated rings. The number of piperidine rings is 1. The molecule has 1 atom stereocenters. The van der Waals surface area contributed by atoms with Crippen LogP contribution in [-0.4, -0.2) is 59.6 Å². The maximum atomic E-state index is 13.1. The Labute approximate surface area is 175 Å². The van der Waals surface area contributed by atoms with Gasteiger partial charge in [0.1, 0.15) is 5.54 Å². The first-order valence-electron chi connectivity index (χ1n) is 10.3. The Morgan fingerprint density at radius 3 is 2.60 bits per heavy atom. The molecule has 4 amide bonds. The summed E-state index contributed by atoms with van der Waals surface area (Å²) < 4.78 is 10.7. The van der Waals surface area contributed by atoms with Crippen molar-refractivity contribution in [3.63, 3.8) is 0 Å². The van der Waals surface area contributed by atoms with E-state index in [0.29, 0.717) is 49.4 Å². The third-order valence-corrected chi connectivity index (χ3v) is 6.29. The summed E-state index contributed by atoms with van der Waals surface area (Å²) in [7, 11) is 0. The molecule has 3 heterocycles. The van der Waals surface area contributed by atoms with Crippen LogP contribution in [0.15, 0.2) is 30.4 Å². The van der Waals surface area contributed by atoms with Crippen molar-refractivity contribution in [3.8, 4) is 11.5 Å². The number of ether oxygens (including phenoxy) is 2. The Kier molecular flexibility index (Phi) is 5.17. The zero-order valence-corrected chi connectivity index (χ0v) is 17.4. The maximum absolute atomic E-state index is 13.1. The monoisotopic (exact) mass is 413 g/mol. The van der Waals surface area contributed by atoms with Crippen LogP contribution in [0.2, 0.25) is 0 Å². The number of carbonyl (C=O) groups is 3. The summed E-state index contributed by atoms with van der Waals surface area (Å²) in [6.45, 7) is 9.00. The van der Waals surface area contributed by atoms with Crippen LogP contribution in [0, 0.1) is 5.92 Å². The Hall–Kier alpha value is -3.03. The van der Waals surface area contributed by atoms with Crippen LogP contribution in [0.3, 0.4) is 0 Å². The predicted molar refractivity (Wildman–Crippen MR) is 109 cm³/mol. The number of hydrogen-bond donors (Lipinski definition) is 1. The summed E-state index contributed by atoms with van der Waals surface area (Å²) in [5.74, 6) is 0.957. The van der Waals surface area contributed by atoms with Gasteiger partial charge in [-0.15, -0.1) is 0 Å². The third kappa shape index (κ3) is 3.30. The lowest BCUT2D eigenvalue weighted by molar-refractivity contribution is -0.133. The van der Waals surface area contributed by atoms with E-state index in [-0.39, 0.29) is 37.1 Å². The van der Waals surface area contributed by atoms with Crippen molar-refractivity contribution in [2.75, 3.05) is 26.4 Å². The molecule has 0 saturated carbocycles. The largest absolute Gasteiger partial charge is 0.454 e. The fourth-order valence-corrected chi connectivity index (χ4v) is 4.65. The van der Waals surface area contributed by atoms with Crippen molar-refractivity contribution in [1.82, 2.24) is 15.1 Å². The van der Waals surface area contributed by atoms with E-state index in [9.17, 15) is 14.4 Å². The highest BCUT2D eigenvalue weighted by atomic mass is 16.7. The molecule has 0 aromatic heterocycles. The summed E-state index contributed by atoms with van der Waals surface area (Å²) in [5.41, 5.74) is 0.413. The molecule has 0 unspecified atom stereocenters. The highest BCUT2D eigenvalue weighted by Crippen LogP contribution is 2.37. The topological polar surface area (TPSA) is 88.2 Å². The smallest absolute Gasteiger partial charge is 0.325 e. The highest BCUT2D eigenvalue weighted by Gasteiger charge is 2.54. The molecule has 3 aliphatic heterocycles. The lowest BCUT2D eigenvalue weighted by Crippen LogP contribution is -2.56. The van der Waals surface area contributed by atoms with Crippen LogP contribution in [0.4, 0.5) is 4.79 Å². The molecule has 1 aromatic carbocycles. The van der Waals surface area contributed by atoms with Crippen LogP contribution in [0.5, 0.6) is 11.5 Å². The molecule has 1 N–H and O–H groups in total. The summed E-state index contributed by atoms with van der Waals surface area (Å²) in [6.07, 6.45) is 1.82. The normalized spacial score (nSPS) is 23.7. The zero-order valence-electron chi connectivity index (χ0n) is 17.4. The lowest BCUT2D eigenvalue weighted by atomic mass is 9.75. The zero-order chi connectivity index (χ0) is 21.5. The van der Waals surface area contributed by atoms with E-state index in [4.69, 9.17) is 9.47 Å². The van der Waals surface area contributed by atoms with Gasteiger partial charge in [-0.05, 0) is 50.3 Å². The van der Waals surface area contributed by atoms with Gasteiger partial charge in [0.25, 0.3) is 11.8 Å². The number of nitrogens with zero attached hydrogens (tertiary/aromatic N) is 2. The van der Waals surface area contributed by atoms with E-state index in [2.05, 4.69) is 11.9 Å². The number of benzene rings is 1. The molecule has 0 aliphatic carbocycles. The number of hydrogen-bond acceptors (Lipinski definition) is 5. The molecule has 0 spiro atoms. The van der Waals surface area contributed by atoms with Crippen molar-refractivity contribution in [2.45, 2.75) is 38.6 Å². The van der Waals surface area contributed by atoms with Gasteiger partial charge < -0.3 is 19.7 Å². The fraction of sp³-hybridized carbons (Fsp3) is 0.500. The summed E-state index contributed by atoms with van der Waals surface area (Å²) in [5, 5.41) is 2.96. The van der Waals surface area contributed by atoms with Gasteiger partial charge in [-0.1, -0.05) is 19.1 Å². The van der Waals surface area contributed by atoms with Crippen LogP contribution in [-0.2, 0) is 4.79 Å². The second-order valence-corrected chi connectivity index (χ2v) is 8.24. The second kappa shape index (κ2) is 7.66. The number of rotatable bonds is 5.